The lowest BCUT2D eigenvalue weighted by atomic mass is 9.73. The van der Waals surface area contributed by atoms with Gasteiger partial charge in [0, 0.05) is 65.0 Å². The maximum atomic E-state index is 6.74. The van der Waals surface area contributed by atoms with Crippen LogP contribution in [0.2, 0.25) is 5.02 Å². The van der Waals surface area contributed by atoms with E-state index < -0.39 is 5.54 Å². The maximum absolute atomic E-state index is 6.74. The second-order valence-corrected chi connectivity index (χ2v) is 10.4. The zero-order chi connectivity index (χ0) is 25.7. The summed E-state index contributed by atoms with van der Waals surface area (Å²) in [5.41, 5.74) is 10.1. The molecule has 188 valence electrons. The van der Waals surface area contributed by atoms with Crippen LogP contribution in [0.25, 0.3) is 0 Å². The van der Waals surface area contributed by atoms with E-state index in [2.05, 4.69) is 104 Å². The van der Waals surface area contributed by atoms with E-state index in [0.717, 1.165) is 64.3 Å². The lowest BCUT2D eigenvalue weighted by Crippen LogP contribution is -2.45. The van der Waals surface area contributed by atoms with Crippen LogP contribution in [0.5, 0.6) is 11.5 Å². The summed E-state index contributed by atoms with van der Waals surface area (Å²) in [5, 5.41) is 7.77. The van der Waals surface area contributed by atoms with E-state index >= 15 is 0 Å². The normalized spacial score (nSPS) is 14.6. The Morgan fingerprint density at radius 2 is 1.35 bits per heavy atom. The van der Waals surface area contributed by atoms with Crippen LogP contribution in [0.15, 0.2) is 72.8 Å². The van der Waals surface area contributed by atoms with Crippen LogP contribution >= 0.6 is 11.6 Å². The third kappa shape index (κ3) is 3.58. The quantitative estimate of drug-likeness (QED) is 0.284. The van der Waals surface area contributed by atoms with Crippen LogP contribution in [-0.4, -0.2) is 13.1 Å². The number of hydrogen-bond acceptors (Lipinski definition) is 4. The molecule has 0 aliphatic carbocycles. The molecule has 0 bridgehead atoms. The summed E-state index contributed by atoms with van der Waals surface area (Å²) in [6.45, 7) is 11.1. The largest absolute Gasteiger partial charge is 0.456 e. The summed E-state index contributed by atoms with van der Waals surface area (Å²) in [7, 11) is 0. The number of ether oxygens (including phenoxy) is 1. The Balaban J connectivity index is 1.72. The average Bonchev–Trinajstić information content (AvgIpc) is 3.23. The van der Waals surface area contributed by atoms with Gasteiger partial charge in [0.05, 0.1) is 0 Å². The van der Waals surface area contributed by atoms with Crippen LogP contribution < -0.4 is 20.3 Å². The second-order valence-electron chi connectivity index (χ2n) is 9.92. The summed E-state index contributed by atoms with van der Waals surface area (Å²) in [5.74, 6) is 1.77. The van der Waals surface area contributed by atoms with E-state index in [1.165, 1.54) is 22.3 Å². The molecule has 0 amide bonds. The van der Waals surface area contributed by atoms with Crippen molar-refractivity contribution in [3.8, 4) is 11.5 Å². The van der Waals surface area contributed by atoms with Crippen molar-refractivity contribution in [1.82, 2.24) is 0 Å². The number of rotatable bonds is 5. The van der Waals surface area contributed by atoms with E-state index in [-0.39, 0.29) is 0 Å². The van der Waals surface area contributed by atoms with Gasteiger partial charge in [0.15, 0.2) is 0 Å². The highest BCUT2D eigenvalue weighted by Gasteiger charge is 2.53. The predicted molar refractivity (Wildman–Crippen MR) is 155 cm³/mol. The molecule has 37 heavy (non-hydrogen) atoms. The van der Waals surface area contributed by atoms with Gasteiger partial charge in [-0.1, -0.05) is 35.9 Å². The van der Waals surface area contributed by atoms with Crippen molar-refractivity contribution in [3.63, 3.8) is 0 Å². The number of anilines is 3. The molecule has 2 aliphatic rings. The number of benzene rings is 4. The molecule has 6 rings (SSSR count). The van der Waals surface area contributed by atoms with Gasteiger partial charge in [-0.15, -0.1) is 0 Å². The van der Waals surface area contributed by atoms with Crippen molar-refractivity contribution in [1.29, 1.82) is 0 Å². The Kier molecular flexibility index (Phi) is 5.80. The first-order valence-electron chi connectivity index (χ1n) is 13.0. The molecule has 2 heterocycles. The second kappa shape index (κ2) is 9.04. The summed E-state index contributed by atoms with van der Waals surface area (Å²) in [4.78, 5) is 2.52. The lowest BCUT2D eigenvalue weighted by molar-refractivity contribution is 0.416. The first kappa shape index (κ1) is 23.7. The number of nitrogens with one attached hydrogen (secondary N) is 2. The highest BCUT2D eigenvalue weighted by Crippen LogP contribution is 2.59. The number of hydrogen-bond donors (Lipinski definition) is 2. The fourth-order valence-electron chi connectivity index (χ4n) is 6.07. The molecule has 2 aliphatic heterocycles. The van der Waals surface area contributed by atoms with Gasteiger partial charge >= 0.3 is 0 Å². The molecule has 0 atom stereocenters. The number of nitrogens with zero attached hydrogens (tertiary/aromatic N) is 1. The van der Waals surface area contributed by atoms with Crippen LogP contribution in [0, 0.1) is 13.8 Å². The molecule has 4 aromatic rings. The summed E-state index contributed by atoms with van der Waals surface area (Å²) < 4.78 is 6.74. The maximum Gasteiger partial charge on any atom is 0.135 e. The van der Waals surface area contributed by atoms with Crippen molar-refractivity contribution in [3.05, 3.63) is 111 Å². The Morgan fingerprint density at radius 1 is 0.784 bits per heavy atom. The molecule has 0 fully saturated rings. The average molecular weight is 510 g/mol. The topological polar surface area (TPSA) is 36.5 Å². The molecule has 2 N–H and O–H groups in total. The molecular weight excluding hydrogens is 478 g/mol. The smallest absolute Gasteiger partial charge is 0.135 e. The molecule has 4 nitrogen and oxygen atoms in total. The van der Waals surface area contributed by atoms with Gasteiger partial charge in [-0.2, -0.15) is 0 Å². The highest BCUT2D eigenvalue weighted by atomic mass is 35.5. The Labute approximate surface area is 224 Å². The fourth-order valence-corrected chi connectivity index (χ4v) is 6.19. The highest BCUT2D eigenvalue weighted by molar-refractivity contribution is 6.30. The van der Waals surface area contributed by atoms with E-state index in [9.17, 15) is 0 Å². The minimum Gasteiger partial charge on any atom is -0.456 e. The molecule has 5 heteroatoms. The van der Waals surface area contributed by atoms with Crippen molar-refractivity contribution in [2.45, 2.75) is 39.8 Å². The van der Waals surface area contributed by atoms with Crippen LogP contribution in [0.1, 0.15) is 47.2 Å². The minimum atomic E-state index is -0.543. The monoisotopic (exact) mass is 509 g/mol. The molecule has 1 spiro atoms. The Hall–Kier alpha value is -3.63. The molecule has 0 radical (unpaired) electrons. The molecule has 0 saturated heterocycles. The third-order valence-corrected chi connectivity index (χ3v) is 7.92. The number of halogens is 1. The van der Waals surface area contributed by atoms with E-state index in [1.54, 1.807) is 0 Å². The number of fused-ring (bicyclic) bond motifs is 6. The van der Waals surface area contributed by atoms with Crippen LogP contribution in [-0.2, 0) is 12.1 Å². The zero-order valence-corrected chi connectivity index (χ0v) is 22.5. The Bertz CT molecular complexity index is 1430. The summed E-state index contributed by atoms with van der Waals surface area (Å²) in [6, 6.07) is 26.0. The number of aryl methyl sites for hydroxylation is 2. The van der Waals surface area contributed by atoms with Crippen molar-refractivity contribution in [2.24, 2.45) is 0 Å². The van der Waals surface area contributed by atoms with Gasteiger partial charge < -0.3 is 20.3 Å². The lowest BCUT2D eigenvalue weighted by Gasteiger charge is -2.46. The molecular formula is C32H32ClN3O. The van der Waals surface area contributed by atoms with Gasteiger partial charge in [-0.3, -0.25) is 0 Å². The Morgan fingerprint density at radius 3 is 1.92 bits per heavy atom. The molecule has 0 unspecified atom stereocenters. The van der Waals surface area contributed by atoms with Crippen LogP contribution in [0.4, 0.5) is 17.1 Å². The van der Waals surface area contributed by atoms with Crippen molar-refractivity contribution in [2.75, 3.05) is 28.6 Å². The third-order valence-electron chi connectivity index (χ3n) is 7.67. The van der Waals surface area contributed by atoms with Gasteiger partial charge in [-0.25, -0.2) is 0 Å². The van der Waals surface area contributed by atoms with Crippen molar-refractivity contribution >= 4 is 28.7 Å². The van der Waals surface area contributed by atoms with Gasteiger partial charge in [0.1, 0.15) is 17.0 Å². The molecule has 4 aromatic carbocycles. The molecule has 0 saturated carbocycles. The predicted octanol–water partition coefficient (Wildman–Crippen LogP) is 8.24. The van der Waals surface area contributed by atoms with Gasteiger partial charge in [0.25, 0.3) is 0 Å². The van der Waals surface area contributed by atoms with E-state index in [4.69, 9.17) is 16.3 Å². The zero-order valence-electron chi connectivity index (χ0n) is 21.8. The van der Waals surface area contributed by atoms with E-state index in [1.807, 2.05) is 12.1 Å². The standard InChI is InChI=1S/C32H32ClN3O/c1-5-34-28-17-30-26(15-20(28)3)32(27-16-21(4)29(35-6-2)18-31(27)37-30)25-10-8-7-9-22(25)19-36(32)24-13-11-23(33)12-14-24/h7-18,34-35H,5-6,19H2,1-4H3. The summed E-state index contributed by atoms with van der Waals surface area (Å²) >= 11 is 6.33. The van der Waals surface area contributed by atoms with Gasteiger partial charge in [0.2, 0.25) is 0 Å². The van der Waals surface area contributed by atoms with Gasteiger partial charge in [-0.05, 0) is 86.3 Å². The minimum absolute atomic E-state index is 0.543. The van der Waals surface area contributed by atoms with Crippen molar-refractivity contribution < 1.29 is 4.74 Å². The van der Waals surface area contributed by atoms with E-state index in [0.29, 0.717) is 0 Å². The van der Waals surface area contributed by atoms with Crippen LogP contribution in [0.3, 0.4) is 0 Å². The first-order valence-corrected chi connectivity index (χ1v) is 13.4. The SMILES string of the molecule is CCNc1cc2c(cc1C)C1(c3ccccc3CN1c1ccc(Cl)cc1)c1cc(C)c(NCC)cc1O2. The first-order chi connectivity index (χ1) is 18.0. The fraction of sp³-hybridized carbons (Fsp3) is 0.250. The molecule has 0 aromatic heterocycles. The summed E-state index contributed by atoms with van der Waals surface area (Å²) in [6.07, 6.45) is 0.